The summed E-state index contributed by atoms with van der Waals surface area (Å²) in [6, 6.07) is 0. The Morgan fingerprint density at radius 2 is 2.27 bits per heavy atom. The standard InChI is InChI=1S/C7H11NO3/c1-3-6(9)8-7(10)4-5-11-2/h3H,1,4-5H2,2H3,(H,8,9,10). The third kappa shape index (κ3) is 5.29. The van der Waals surface area contributed by atoms with Crippen molar-refractivity contribution in [3.8, 4) is 0 Å². The summed E-state index contributed by atoms with van der Waals surface area (Å²) < 4.78 is 4.63. The summed E-state index contributed by atoms with van der Waals surface area (Å²) >= 11 is 0. The van der Waals surface area contributed by atoms with Gasteiger partial charge in [-0.2, -0.15) is 0 Å². The van der Waals surface area contributed by atoms with E-state index < -0.39 is 5.91 Å². The van der Waals surface area contributed by atoms with Gasteiger partial charge in [-0.05, 0) is 6.08 Å². The summed E-state index contributed by atoms with van der Waals surface area (Å²) in [7, 11) is 1.49. The molecule has 4 nitrogen and oxygen atoms in total. The van der Waals surface area contributed by atoms with E-state index in [1.807, 2.05) is 0 Å². The maximum absolute atomic E-state index is 10.7. The second kappa shape index (κ2) is 5.61. The SMILES string of the molecule is C=CC(=O)NC(=O)CCOC. The van der Waals surface area contributed by atoms with E-state index >= 15 is 0 Å². The van der Waals surface area contributed by atoms with Crippen molar-refractivity contribution in [2.24, 2.45) is 0 Å². The number of methoxy groups -OCH3 is 1. The van der Waals surface area contributed by atoms with Crippen molar-refractivity contribution in [2.75, 3.05) is 13.7 Å². The van der Waals surface area contributed by atoms with E-state index in [-0.39, 0.29) is 12.3 Å². The summed E-state index contributed by atoms with van der Waals surface area (Å²) in [5, 5.41) is 2.09. The molecule has 4 heteroatoms. The molecule has 0 radical (unpaired) electrons. The Morgan fingerprint density at radius 3 is 2.73 bits per heavy atom. The molecule has 2 amide bonds. The highest BCUT2D eigenvalue weighted by molar-refractivity contribution is 6.00. The molecule has 0 aromatic carbocycles. The topological polar surface area (TPSA) is 55.4 Å². The smallest absolute Gasteiger partial charge is 0.249 e. The fourth-order valence-electron chi connectivity index (χ4n) is 0.446. The van der Waals surface area contributed by atoms with E-state index in [0.717, 1.165) is 6.08 Å². The van der Waals surface area contributed by atoms with Gasteiger partial charge in [-0.15, -0.1) is 0 Å². The van der Waals surface area contributed by atoms with Crippen molar-refractivity contribution in [3.63, 3.8) is 0 Å². The van der Waals surface area contributed by atoms with Crippen molar-refractivity contribution in [1.29, 1.82) is 0 Å². The lowest BCUT2D eigenvalue weighted by Gasteiger charge is -1.98. The van der Waals surface area contributed by atoms with E-state index in [0.29, 0.717) is 6.61 Å². The summed E-state index contributed by atoms with van der Waals surface area (Å²) in [6.45, 7) is 3.51. The molecule has 0 aliphatic carbocycles. The minimum absolute atomic E-state index is 0.191. The Hall–Kier alpha value is -1.16. The van der Waals surface area contributed by atoms with Crippen LogP contribution in [-0.4, -0.2) is 25.5 Å². The Kier molecular flexibility index (Phi) is 5.02. The van der Waals surface area contributed by atoms with Crippen molar-refractivity contribution in [1.82, 2.24) is 5.32 Å². The minimum atomic E-state index is -0.480. The van der Waals surface area contributed by atoms with E-state index in [9.17, 15) is 9.59 Å². The second-order valence-electron chi connectivity index (χ2n) is 1.86. The van der Waals surface area contributed by atoms with Gasteiger partial charge >= 0.3 is 0 Å². The van der Waals surface area contributed by atoms with Gasteiger partial charge in [-0.3, -0.25) is 14.9 Å². The number of hydrogen-bond donors (Lipinski definition) is 1. The van der Waals surface area contributed by atoms with Crippen LogP contribution < -0.4 is 5.32 Å². The first-order chi connectivity index (χ1) is 5.20. The van der Waals surface area contributed by atoms with Crippen LogP contribution in [0.1, 0.15) is 6.42 Å². The molecule has 11 heavy (non-hydrogen) atoms. The average molecular weight is 157 g/mol. The van der Waals surface area contributed by atoms with Crippen molar-refractivity contribution < 1.29 is 14.3 Å². The zero-order chi connectivity index (χ0) is 8.69. The van der Waals surface area contributed by atoms with Gasteiger partial charge in [0.1, 0.15) is 0 Å². The molecule has 0 aliphatic rings. The number of nitrogens with one attached hydrogen (secondary N) is 1. The van der Waals surface area contributed by atoms with Crippen molar-refractivity contribution in [2.45, 2.75) is 6.42 Å². The highest BCUT2D eigenvalue weighted by atomic mass is 16.5. The normalized spacial score (nSPS) is 8.82. The maximum atomic E-state index is 10.7. The number of imide groups is 1. The highest BCUT2D eigenvalue weighted by Crippen LogP contribution is 1.80. The van der Waals surface area contributed by atoms with Gasteiger partial charge in [-0.25, -0.2) is 0 Å². The van der Waals surface area contributed by atoms with Gasteiger partial charge in [0.05, 0.1) is 13.0 Å². The predicted octanol–water partition coefficient (Wildman–Crippen LogP) is -0.148. The minimum Gasteiger partial charge on any atom is -0.384 e. The van der Waals surface area contributed by atoms with E-state index in [1.165, 1.54) is 7.11 Å². The van der Waals surface area contributed by atoms with E-state index in [1.54, 1.807) is 0 Å². The Labute approximate surface area is 65.2 Å². The van der Waals surface area contributed by atoms with Crippen LogP contribution in [0.4, 0.5) is 0 Å². The fraction of sp³-hybridized carbons (Fsp3) is 0.429. The van der Waals surface area contributed by atoms with Crippen LogP contribution in [0.2, 0.25) is 0 Å². The second-order valence-corrected chi connectivity index (χ2v) is 1.86. The number of ether oxygens (including phenoxy) is 1. The monoisotopic (exact) mass is 157 g/mol. The predicted molar refractivity (Wildman–Crippen MR) is 39.8 cm³/mol. The van der Waals surface area contributed by atoms with Gasteiger partial charge in [0.25, 0.3) is 0 Å². The van der Waals surface area contributed by atoms with E-state index in [4.69, 9.17) is 0 Å². The van der Waals surface area contributed by atoms with Crippen LogP contribution >= 0.6 is 0 Å². The first kappa shape index (κ1) is 9.84. The lowest BCUT2D eigenvalue weighted by atomic mass is 10.4. The summed E-state index contributed by atoms with van der Waals surface area (Å²) in [5.74, 6) is -0.831. The lowest BCUT2D eigenvalue weighted by Crippen LogP contribution is -2.29. The first-order valence-corrected chi connectivity index (χ1v) is 3.16. The molecule has 1 N–H and O–H groups in total. The van der Waals surface area contributed by atoms with Gasteiger partial charge in [-0.1, -0.05) is 6.58 Å². The molecule has 0 unspecified atom stereocenters. The zero-order valence-electron chi connectivity index (χ0n) is 6.42. The molecule has 0 heterocycles. The van der Waals surface area contributed by atoms with Crippen molar-refractivity contribution in [3.05, 3.63) is 12.7 Å². The third-order valence-corrected chi connectivity index (χ3v) is 0.981. The van der Waals surface area contributed by atoms with Crippen LogP contribution in [0.15, 0.2) is 12.7 Å². The van der Waals surface area contributed by atoms with Gasteiger partial charge in [0.15, 0.2) is 0 Å². The summed E-state index contributed by atoms with van der Waals surface area (Å²) in [6.07, 6.45) is 1.24. The molecule has 0 fully saturated rings. The zero-order valence-corrected chi connectivity index (χ0v) is 6.42. The molecule has 0 spiro atoms. The maximum Gasteiger partial charge on any atom is 0.249 e. The quantitative estimate of drug-likeness (QED) is 0.577. The molecule has 0 saturated carbocycles. The van der Waals surface area contributed by atoms with Gasteiger partial charge < -0.3 is 4.74 Å². The molecule has 0 saturated heterocycles. The Morgan fingerprint density at radius 1 is 1.64 bits per heavy atom. The molecule has 0 aliphatic heterocycles. The lowest BCUT2D eigenvalue weighted by molar-refractivity contribution is -0.128. The highest BCUT2D eigenvalue weighted by Gasteiger charge is 2.02. The summed E-state index contributed by atoms with van der Waals surface area (Å²) in [5.41, 5.74) is 0. The first-order valence-electron chi connectivity index (χ1n) is 3.16. The fourth-order valence-corrected chi connectivity index (χ4v) is 0.446. The Balaban J connectivity index is 3.52. The number of amides is 2. The van der Waals surface area contributed by atoms with Crippen LogP contribution in [0.3, 0.4) is 0 Å². The van der Waals surface area contributed by atoms with Crippen LogP contribution in [0, 0.1) is 0 Å². The van der Waals surface area contributed by atoms with Gasteiger partial charge in [0, 0.05) is 7.11 Å². The van der Waals surface area contributed by atoms with Crippen LogP contribution in [0.25, 0.3) is 0 Å². The molecular weight excluding hydrogens is 146 g/mol. The summed E-state index contributed by atoms with van der Waals surface area (Å²) in [4.78, 5) is 21.2. The molecule has 62 valence electrons. The number of carbonyl (C=O) groups excluding carboxylic acids is 2. The van der Waals surface area contributed by atoms with Crippen molar-refractivity contribution >= 4 is 11.8 Å². The molecule has 0 bridgehead atoms. The largest absolute Gasteiger partial charge is 0.384 e. The van der Waals surface area contributed by atoms with E-state index in [2.05, 4.69) is 16.6 Å². The molecule has 0 atom stereocenters. The number of carbonyl (C=O) groups is 2. The Bertz CT molecular complexity index is 165. The molecule has 0 aromatic rings. The van der Waals surface area contributed by atoms with Crippen LogP contribution in [0.5, 0.6) is 0 Å². The molecule has 0 rings (SSSR count). The third-order valence-electron chi connectivity index (χ3n) is 0.981. The number of hydrogen-bond acceptors (Lipinski definition) is 3. The molecule has 0 aromatic heterocycles. The molecular formula is C7H11NO3. The average Bonchev–Trinajstić information content (AvgIpc) is 2.00. The van der Waals surface area contributed by atoms with Crippen LogP contribution in [-0.2, 0) is 14.3 Å². The van der Waals surface area contributed by atoms with Gasteiger partial charge in [0.2, 0.25) is 11.8 Å². The number of rotatable bonds is 4.